The van der Waals surface area contributed by atoms with Crippen molar-refractivity contribution < 1.29 is 18.7 Å². The van der Waals surface area contributed by atoms with Gasteiger partial charge in [0.1, 0.15) is 12.4 Å². The number of anilines is 1. The van der Waals surface area contributed by atoms with Gasteiger partial charge in [0, 0.05) is 29.9 Å². The van der Waals surface area contributed by atoms with Gasteiger partial charge in [0.15, 0.2) is 11.5 Å². The number of rotatable bonds is 10. The molecule has 0 saturated carbocycles. The number of carbonyl (C=O) groups excluding carboxylic acids is 1. The lowest BCUT2D eigenvalue weighted by molar-refractivity contribution is 0.0949. The van der Waals surface area contributed by atoms with Crippen LogP contribution in [0.5, 0.6) is 11.5 Å². The molecule has 0 aliphatic carbocycles. The minimum Gasteiger partial charge on any atom is -0.493 e. The van der Waals surface area contributed by atoms with Gasteiger partial charge in [-0.05, 0) is 47.9 Å². The van der Waals surface area contributed by atoms with E-state index in [0.29, 0.717) is 42.7 Å². The third kappa shape index (κ3) is 6.48. The number of hydrogen-bond acceptors (Lipinski definition) is 4. The Kier molecular flexibility index (Phi) is 8.08. The average Bonchev–Trinajstić information content (AvgIpc) is 2.81. The Morgan fingerprint density at radius 1 is 1.03 bits per heavy atom. The number of ether oxygens (including phenoxy) is 2. The van der Waals surface area contributed by atoms with Crippen LogP contribution in [0.4, 0.5) is 10.1 Å². The quantitative estimate of drug-likeness (QED) is 0.446. The van der Waals surface area contributed by atoms with E-state index >= 15 is 0 Å². The van der Waals surface area contributed by atoms with Gasteiger partial charge in [0.2, 0.25) is 0 Å². The van der Waals surface area contributed by atoms with Crippen LogP contribution < -0.4 is 20.1 Å². The highest BCUT2D eigenvalue weighted by Gasteiger charge is 2.12. The van der Waals surface area contributed by atoms with E-state index in [-0.39, 0.29) is 11.7 Å². The molecule has 0 bridgehead atoms. The number of benzene rings is 3. The number of hydrogen-bond donors (Lipinski definition) is 2. The van der Waals surface area contributed by atoms with Crippen LogP contribution in [0.2, 0.25) is 0 Å². The smallest absolute Gasteiger partial charge is 0.251 e. The molecule has 0 fully saturated rings. The highest BCUT2D eigenvalue weighted by molar-refractivity contribution is 5.95. The molecule has 32 heavy (non-hydrogen) atoms. The Labute approximate surface area is 188 Å². The first-order valence-corrected chi connectivity index (χ1v) is 10.6. The first kappa shape index (κ1) is 23.1. The van der Waals surface area contributed by atoms with Crippen molar-refractivity contribution in [3.63, 3.8) is 0 Å². The van der Waals surface area contributed by atoms with Gasteiger partial charge in [-0.15, -0.1) is 0 Å². The zero-order chi connectivity index (χ0) is 22.9. The molecule has 0 radical (unpaired) electrons. The van der Waals surface area contributed by atoms with Crippen LogP contribution in [0.25, 0.3) is 0 Å². The Morgan fingerprint density at radius 2 is 1.78 bits per heavy atom. The zero-order valence-corrected chi connectivity index (χ0v) is 18.7. The first-order valence-electron chi connectivity index (χ1n) is 10.6. The summed E-state index contributed by atoms with van der Waals surface area (Å²) in [4.78, 5) is 12.4. The maximum Gasteiger partial charge on any atom is 0.251 e. The number of amides is 1. The van der Waals surface area contributed by atoms with Crippen molar-refractivity contribution in [2.75, 3.05) is 19.0 Å². The van der Waals surface area contributed by atoms with Crippen molar-refractivity contribution in [1.82, 2.24) is 5.32 Å². The highest BCUT2D eigenvalue weighted by atomic mass is 19.1. The SMILES string of the molecule is COc1cccc(CNc2cccc(C(=O)NCC(C)C)c2)c1OCc1ccc(F)cc1. The second-order valence-corrected chi connectivity index (χ2v) is 7.90. The maximum absolute atomic E-state index is 13.2. The lowest BCUT2D eigenvalue weighted by Gasteiger charge is -2.16. The van der Waals surface area contributed by atoms with Gasteiger partial charge in [0.05, 0.1) is 7.11 Å². The summed E-state index contributed by atoms with van der Waals surface area (Å²) in [6.45, 7) is 5.52. The van der Waals surface area contributed by atoms with Crippen molar-refractivity contribution in [2.24, 2.45) is 5.92 Å². The highest BCUT2D eigenvalue weighted by Crippen LogP contribution is 2.32. The molecule has 3 aromatic rings. The summed E-state index contributed by atoms with van der Waals surface area (Å²) in [5.74, 6) is 1.26. The standard InChI is InChI=1S/C26H29FN2O3/c1-18(2)15-29-26(30)20-6-4-8-23(14-20)28-16-21-7-5-9-24(31-3)25(21)32-17-19-10-12-22(27)13-11-19/h4-14,18,28H,15-17H2,1-3H3,(H,29,30). The summed E-state index contributed by atoms with van der Waals surface area (Å²) in [5.41, 5.74) is 3.20. The Balaban J connectivity index is 1.70. The van der Waals surface area contributed by atoms with E-state index in [1.54, 1.807) is 25.3 Å². The third-order valence-corrected chi connectivity index (χ3v) is 4.86. The molecule has 0 aliphatic rings. The van der Waals surface area contributed by atoms with Crippen LogP contribution in [0, 0.1) is 11.7 Å². The van der Waals surface area contributed by atoms with Crippen LogP contribution in [0.15, 0.2) is 66.7 Å². The van der Waals surface area contributed by atoms with Gasteiger partial charge in [-0.1, -0.05) is 44.2 Å². The van der Waals surface area contributed by atoms with Crippen LogP contribution in [0.1, 0.15) is 35.3 Å². The largest absolute Gasteiger partial charge is 0.493 e. The van der Waals surface area contributed by atoms with E-state index in [1.165, 1.54) is 12.1 Å². The van der Waals surface area contributed by atoms with Crippen LogP contribution in [-0.2, 0) is 13.2 Å². The average molecular weight is 437 g/mol. The molecule has 0 unspecified atom stereocenters. The van der Waals surface area contributed by atoms with Crippen molar-refractivity contribution >= 4 is 11.6 Å². The van der Waals surface area contributed by atoms with Gasteiger partial charge < -0.3 is 20.1 Å². The van der Waals surface area contributed by atoms with E-state index in [2.05, 4.69) is 24.5 Å². The molecule has 0 heterocycles. The Hall–Kier alpha value is -3.54. The topological polar surface area (TPSA) is 59.6 Å². The Morgan fingerprint density at radius 3 is 2.50 bits per heavy atom. The number of carbonyl (C=O) groups is 1. The lowest BCUT2D eigenvalue weighted by atomic mass is 10.1. The summed E-state index contributed by atoms with van der Waals surface area (Å²) < 4.78 is 24.7. The molecule has 0 saturated heterocycles. The first-order chi connectivity index (χ1) is 15.5. The summed E-state index contributed by atoms with van der Waals surface area (Å²) in [5, 5.41) is 6.29. The van der Waals surface area contributed by atoms with Crippen molar-refractivity contribution in [3.8, 4) is 11.5 Å². The second kappa shape index (κ2) is 11.2. The monoisotopic (exact) mass is 436 g/mol. The van der Waals surface area contributed by atoms with E-state index in [4.69, 9.17) is 9.47 Å². The number of nitrogens with one attached hydrogen (secondary N) is 2. The molecule has 0 aromatic heterocycles. The molecule has 3 aromatic carbocycles. The maximum atomic E-state index is 13.2. The van der Waals surface area contributed by atoms with Crippen LogP contribution >= 0.6 is 0 Å². The molecule has 1 amide bonds. The fourth-order valence-corrected chi connectivity index (χ4v) is 3.13. The fraction of sp³-hybridized carbons (Fsp3) is 0.269. The molecule has 0 spiro atoms. The van der Waals surface area contributed by atoms with Gasteiger partial charge in [-0.2, -0.15) is 0 Å². The molecular weight excluding hydrogens is 407 g/mol. The van der Waals surface area contributed by atoms with Crippen LogP contribution in [-0.4, -0.2) is 19.6 Å². The molecule has 5 nitrogen and oxygen atoms in total. The van der Waals surface area contributed by atoms with E-state index in [9.17, 15) is 9.18 Å². The second-order valence-electron chi connectivity index (χ2n) is 7.90. The number of halogens is 1. The summed E-state index contributed by atoms with van der Waals surface area (Å²) in [7, 11) is 1.59. The predicted molar refractivity (Wildman–Crippen MR) is 125 cm³/mol. The predicted octanol–water partition coefficient (Wildman–Crippen LogP) is 5.41. The molecule has 0 atom stereocenters. The Bertz CT molecular complexity index is 1040. The van der Waals surface area contributed by atoms with Crippen molar-refractivity contribution in [1.29, 1.82) is 0 Å². The van der Waals surface area contributed by atoms with Gasteiger partial charge in [-0.3, -0.25) is 4.79 Å². The summed E-state index contributed by atoms with van der Waals surface area (Å²) >= 11 is 0. The molecule has 6 heteroatoms. The molecular formula is C26H29FN2O3. The van der Waals surface area contributed by atoms with Crippen LogP contribution in [0.3, 0.4) is 0 Å². The summed E-state index contributed by atoms with van der Waals surface area (Å²) in [6, 6.07) is 19.3. The van der Waals surface area contributed by atoms with Gasteiger partial charge >= 0.3 is 0 Å². The number of methoxy groups -OCH3 is 1. The lowest BCUT2D eigenvalue weighted by Crippen LogP contribution is -2.27. The van der Waals surface area contributed by atoms with Crippen molar-refractivity contribution in [2.45, 2.75) is 27.0 Å². The van der Waals surface area contributed by atoms with Crippen molar-refractivity contribution in [3.05, 3.63) is 89.2 Å². The molecule has 0 aliphatic heterocycles. The minimum atomic E-state index is -0.281. The molecule has 3 rings (SSSR count). The van der Waals surface area contributed by atoms with Gasteiger partial charge in [0.25, 0.3) is 5.91 Å². The van der Waals surface area contributed by atoms with Gasteiger partial charge in [-0.25, -0.2) is 4.39 Å². The third-order valence-electron chi connectivity index (χ3n) is 4.86. The molecule has 168 valence electrons. The van der Waals surface area contributed by atoms with E-state index in [0.717, 1.165) is 16.8 Å². The molecule has 2 N–H and O–H groups in total. The number of para-hydroxylation sites is 1. The van der Waals surface area contributed by atoms with E-state index < -0.39 is 0 Å². The fourth-order valence-electron chi connectivity index (χ4n) is 3.13. The zero-order valence-electron chi connectivity index (χ0n) is 18.7. The minimum absolute atomic E-state index is 0.0907. The van der Waals surface area contributed by atoms with E-state index in [1.807, 2.05) is 36.4 Å². The summed E-state index contributed by atoms with van der Waals surface area (Å²) in [6.07, 6.45) is 0. The normalized spacial score (nSPS) is 10.7.